The molecule has 1 unspecified atom stereocenters. The Bertz CT molecular complexity index is 1500. The van der Waals surface area contributed by atoms with Crippen molar-refractivity contribution < 1.29 is 9.53 Å². The summed E-state index contributed by atoms with van der Waals surface area (Å²) in [6.45, 7) is 7.45. The zero-order valence-electron chi connectivity index (χ0n) is 21.0. The van der Waals surface area contributed by atoms with Crippen molar-refractivity contribution in [3.8, 4) is 0 Å². The average molecular weight is 523 g/mol. The summed E-state index contributed by atoms with van der Waals surface area (Å²) in [7, 11) is 0. The van der Waals surface area contributed by atoms with Crippen LogP contribution in [0.25, 0.3) is 21.8 Å². The predicted octanol–water partition coefficient (Wildman–Crippen LogP) is 3.71. The Morgan fingerprint density at radius 1 is 1.14 bits per heavy atom. The molecule has 0 saturated carbocycles. The van der Waals surface area contributed by atoms with Crippen LogP contribution < -0.4 is 10.5 Å². The third-order valence-corrected chi connectivity index (χ3v) is 7.54. The van der Waals surface area contributed by atoms with Crippen LogP contribution in [-0.4, -0.2) is 69.4 Å². The van der Waals surface area contributed by atoms with E-state index in [1.54, 1.807) is 12.4 Å². The van der Waals surface area contributed by atoms with E-state index in [0.717, 1.165) is 53.7 Å². The average Bonchev–Trinajstić information content (AvgIpc) is 3.35. The number of hydrogen-bond acceptors (Lipinski definition) is 6. The second-order valence-corrected chi connectivity index (χ2v) is 9.84. The molecule has 1 aromatic carbocycles. The molecule has 5 heterocycles. The van der Waals surface area contributed by atoms with Crippen molar-refractivity contribution in [3.63, 3.8) is 0 Å². The van der Waals surface area contributed by atoms with Crippen molar-refractivity contribution >= 4 is 45.9 Å². The molecule has 37 heavy (non-hydrogen) atoms. The Balaban J connectivity index is 0.00000280. The number of anilines is 1. The van der Waals surface area contributed by atoms with Gasteiger partial charge in [0.25, 0.3) is 11.5 Å². The Labute approximate surface area is 220 Å². The van der Waals surface area contributed by atoms with E-state index in [1.165, 1.54) is 0 Å². The summed E-state index contributed by atoms with van der Waals surface area (Å²) in [6.07, 6.45) is 5.14. The van der Waals surface area contributed by atoms with Gasteiger partial charge in [-0.2, -0.15) is 5.10 Å². The van der Waals surface area contributed by atoms with Gasteiger partial charge in [0.05, 0.1) is 28.7 Å². The van der Waals surface area contributed by atoms with Gasteiger partial charge in [-0.25, -0.2) is 4.98 Å². The number of aromatic amines is 1. The molecule has 9 nitrogen and oxygen atoms in total. The highest BCUT2D eigenvalue weighted by atomic mass is 35.5. The van der Waals surface area contributed by atoms with Crippen LogP contribution in [0.3, 0.4) is 0 Å². The molecule has 1 amide bonds. The number of piperazine rings is 1. The number of nitrogens with one attached hydrogen (secondary N) is 1. The third kappa shape index (κ3) is 4.46. The number of aromatic nitrogens is 4. The number of pyridine rings is 2. The Morgan fingerprint density at radius 3 is 2.68 bits per heavy atom. The van der Waals surface area contributed by atoms with Crippen LogP contribution in [0.1, 0.15) is 41.7 Å². The molecule has 0 spiro atoms. The topological polar surface area (TPSA) is 96.3 Å². The number of H-pyrrole nitrogens is 1. The predicted molar refractivity (Wildman–Crippen MR) is 146 cm³/mol. The molecule has 2 aliphatic heterocycles. The van der Waals surface area contributed by atoms with Crippen LogP contribution in [0.4, 0.5) is 5.82 Å². The molecule has 1 atom stereocenters. The number of hydrogen-bond donors (Lipinski definition) is 1. The molecular formula is C27H31ClN6O3. The standard InChI is InChI=1S/C27H30N6O3.ClH/c1-17-13-23-21(25-22(26(34)30-23)15-29-33(25)19-6-11-36-12-7-19)14-20(17)27(35)32-10-9-31(16-18(32)2)24-5-3-4-8-28-24;/h3-5,8,13-15,18-19H,6-7,9-12,16H2,1-2H3,(H,30,34);1H. The number of amides is 1. The number of fused-ring (bicyclic) bond motifs is 3. The minimum atomic E-state index is -0.159. The number of halogens is 1. The Morgan fingerprint density at radius 2 is 1.95 bits per heavy atom. The van der Waals surface area contributed by atoms with Crippen molar-refractivity contribution in [2.45, 2.75) is 38.8 Å². The SMILES string of the molecule is Cc1cc2[nH]c(=O)c3cnn(C4CCOCC4)c3c2cc1C(=O)N1CCN(c2ccccn2)CC1C.Cl. The molecule has 194 valence electrons. The number of ether oxygens (including phenoxy) is 1. The Hall–Kier alpha value is -3.43. The number of carbonyl (C=O) groups is 1. The first-order valence-corrected chi connectivity index (χ1v) is 12.6. The van der Waals surface area contributed by atoms with Crippen molar-refractivity contribution in [3.05, 3.63) is 64.2 Å². The zero-order chi connectivity index (χ0) is 24.8. The fraction of sp³-hybridized carbons (Fsp3) is 0.407. The lowest BCUT2D eigenvalue weighted by Gasteiger charge is -2.40. The van der Waals surface area contributed by atoms with E-state index in [4.69, 9.17) is 4.74 Å². The van der Waals surface area contributed by atoms with E-state index in [2.05, 4.69) is 26.9 Å². The summed E-state index contributed by atoms with van der Waals surface area (Å²) in [6, 6.07) is 9.96. The second kappa shape index (κ2) is 10.1. The molecule has 10 heteroatoms. The second-order valence-electron chi connectivity index (χ2n) is 9.84. The van der Waals surface area contributed by atoms with Gasteiger partial charge in [0.2, 0.25) is 0 Å². The van der Waals surface area contributed by atoms with Gasteiger partial charge in [0.1, 0.15) is 5.82 Å². The molecule has 0 bridgehead atoms. The van der Waals surface area contributed by atoms with E-state index in [-0.39, 0.29) is 36.0 Å². The highest BCUT2D eigenvalue weighted by molar-refractivity contribution is 6.07. The van der Waals surface area contributed by atoms with Crippen LogP contribution in [-0.2, 0) is 4.74 Å². The lowest BCUT2D eigenvalue weighted by atomic mass is 10.0. The summed E-state index contributed by atoms with van der Waals surface area (Å²) in [5, 5.41) is 6.00. The maximum atomic E-state index is 13.8. The van der Waals surface area contributed by atoms with Crippen LogP contribution >= 0.6 is 12.4 Å². The zero-order valence-corrected chi connectivity index (χ0v) is 21.8. The molecule has 2 fully saturated rings. The van der Waals surface area contributed by atoms with Crippen LogP contribution in [0, 0.1) is 6.92 Å². The fourth-order valence-corrected chi connectivity index (χ4v) is 5.59. The summed E-state index contributed by atoms with van der Waals surface area (Å²) < 4.78 is 7.50. The van der Waals surface area contributed by atoms with Gasteiger partial charge in [-0.15, -0.1) is 12.4 Å². The van der Waals surface area contributed by atoms with E-state index < -0.39 is 0 Å². The molecule has 6 rings (SSSR count). The summed E-state index contributed by atoms with van der Waals surface area (Å²) in [5.41, 5.74) is 2.87. The summed E-state index contributed by atoms with van der Waals surface area (Å²) in [5.74, 6) is 0.949. The highest BCUT2D eigenvalue weighted by Gasteiger charge is 2.30. The largest absolute Gasteiger partial charge is 0.381 e. The highest BCUT2D eigenvalue weighted by Crippen LogP contribution is 2.30. The van der Waals surface area contributed by atoms with Crippen molar-refractivity contribution in [2.75, 3.05) is 37.7 Å². The first-order chi connectivity index (χ1) is 17.5. The first kappa shape index (κ1) is 25.2. The number of nitrogens with zero attached hydrogens (tertiary/aromatic N) is 5. The lowest BCUT2D eigenvalue weighted by molar-refractivity contribution is 0.0672. The van der Waals surface area contributed by atoms with Crippen molar-refractivity contribution in [2.24, 2.45) is 0 Å². The molecule has 2 aliphatic rings. The summed E-state index contributed by atoms with van der Waals surface area (Å²) >= 11 is 0. The Kier molecular flexibility index (Phi) is 6.92. The number of aryl methyl sites for hydroxylation is 1. The molecule has 2 saturated heterocycles. The van der Waals surface area contributed by atoms with Crippen molar-refractivity contribution in [1.29, 1.82) is 0 Å². The van der Waals surface area contributed by atoms with E-state index in [1.807, 2.05) is 46.8 Å². The van der Waals surface area contributed by atoms with Crippen LogP contribution in [0.5, 0.6) is 0 Å². The fourth-order valence-electron chi connectivity index (χ4n) is 5.59. The minimum Gasteiger partial charge on any atom is -0.381 e. The molecule has 4 aromatic rings. The van der Waals surface area contributed by atoms with Gasteiger partial charge in [0, 0.05) is 56.0 Å². The number of benzene rings is 1. The quantitative estimate of drug-likeness (QED) is 0.440. The van der Waals surface area contributed by atoms with E-state index >= 15 is 0 Å². The van der Waals surface area contributed by atoms with E-state index in [0.29, 0.717) is 30.7 Å². The maximum absolute atomic E-state index is 13.8. The van der Waals surface area contributed by atoms with Gasteiger partial charge in [-0.05, 0) is 56.5 Å². The number of rotatable bonds is 3. The van der Waals surface area contributed by atoms with Crippen molar-refractivity contribution in [1.82, 2.24) is 24.6 Å². The van der Waals surface area contributed by atoms with E-state index in [9.17, 15) is 9.59 Å². The first-order valence-electron chi connectivity index (χ1n) is 12.6. The molecular weight excluding hydrogens is 492 g/mol. The van der Waals surface area contributed by atoms with Gasteiger partial charge < -0.3 is 19.5 Å². The van der Waals surface area contributed by atoms with Gasteiger partial charge in [-0.3, -0.25) is 14.3 Å². The lowest BCUT2D eigenvalue weighted by Crippen LogP contribution is -2.54. The van der Waals surface area contributed by atoms with Crippen LogP contribution in [0.15, 0.2) is 47.5 Å². The number of carbonyl (C=O) groups excluding carboxylic acids is 1. The summed E-state index contributed by atoms with van der Waals surface area (Å²) in [4.78, 5) is 38.3. The smallest absolute Gasteiger partial charge is 0.259 e. The van der Waals surface area contributed by atoms with Gasteiger partial charge >= 0.3 is 0 Å². The van der Waals surface area contributed by atoms with Gasteiger partial charge in [0.15, 0.2) is 0 Å². The molecule has 0 aliphatic carbocycles. The van der Waals surface area contributed by atoms with Crippen LogP contribution in [0.2, 0.25) is 0 Å². The normalized spacial score (nSPS) is 18.8. The van der Waals surface area contributed by atoms with Gasteiger partial charge in [-0.1, -0.05) is 6.07 Å². The monoisotopic (exact) mass is 522 g/mol. The molecule has 0 radical (unpaired) electrons. The minimum absolute atomic E-state index is 0. The maximum Gasteiger partial charge on any atom is 0.259 e. The third-order valence-electron chi connectivity index (χ3n) is 7.54. The molecule has 3 aromatic heterocycles. The molecule has 1 N–H and O–H groups in total.